The second kappa shape index (κ2) is 6.16. The summed E-state index contributed by atoms with van der Waals surface area (Å²) in [5.41, 5.74) is 3.31. The van der Waals surface area contributed by atoms with E-state index in [0.29, 0.717) is 12.6 Å². The van der Waals surface area contributed by atoms with Crippen molar-refractivity contribution < 1.29 is 4.79 Å². The molecule has 2 unspecified atom stereocenters. The molecule has 0 spiro atoms. The molecule has 2 aliphatic heterocycles. The molecule has 1 amide bonds. The van der Waals surface area contributed by atoms with Gasteiger partial charge in [0, 0.05) is 24.8 Å². The predicted molar refractivity (Wildman–Crippen MR) is 85.5 cm³/mol. The van der Waals surface area contributed by atoms with E-state index in [1.807, 2.05) is 12.1 Å². The maximum absolute atomic E-state index is 12.3. The number of likely N-dealkylation sites (tertiary alicyclic amines) is 1. The number of nitrogens with zero attached hydrogens (tertiary/aromatic N) is 1. The molecule has 0 saturated carbocycles. The number of hydrogen-bond acceptors (Lipinski definition) is 3. The molecule has 4 heteroatoms. The van der Waals surface area contributed by atoms with Crippen LogP contribution in [-0.2, 0) is 4.79 Å². The Kier molecular flexibility index (Phi) is 4.27. The van der Waals surface area contributed by atoms with Gasteiger partial charge < -0.3 is 10.6 Å². The van der Waals surface area contributed by atoms with Crippen molar-refractivity contribution in [1.82, 2.24) is 10.2 Å². The number of rotatable bonds is 3. The summed E-state index contributed by atoms with van der Waals surface area (Å²) in [6, 6.07) is 6.73. The second-order valence-corrected chi connectivity index (χ2v) is 6.43. The van der Waals surface area contributed by atoms with Crippen molar-refractivity contribution in [3.8, 4) is 0 Å². The molecule has 0 aliphatic carbocycles. The maximum Gasteiger partial charge on any atom is 0.238 e. The summed E-state index contributed by atoms with van der Waals surface area (Å²) in [5.74, 6) is 0.834. The fourth-order valence-corrected chi connectivity index (χ4v) is 3.55. The van der Waals surface area contributed by atoms with Crippen molar-refractivity contribution in [1.29, 1.82) is 0 Å². The second-order valence-electron chi connectivity index (χ2n) is 6.43. The number of benzene rings is 1. The van der Waals surface area contributed by atoms with Gasteiger partial charge in [-0.2, -0.15) is 0 Å². The SMILES string of the molecule is Cc1cccc(NC(=O)CN2CCC3NCCC3C2)c1C. The molecular formula is C17H25N3O. The average Bonchev–Trinajstić information content (AvgIpc) is 2.91. The van der Waals surface area contributed by atoms with Gasteiger partial charge in [-0.25, -0.2) is 0 Å². The number of hydrogen-bond donors (Lipinski definition) is 2. The number of anilines is 1. The molecule has 2 atom stereocenters. The van der Waals surface area contributed by atoms with E-state index in [1.54, 1.807) is 0 Å². The first kappa shape index (κ1) is 14.5. The van der Waals surface area contributed by atoms with Gasteiger partial charge in [0.05, 0.1) is 6.54 Å². The van der Waals surface area contributed by atoms with E-state index >= 15 is 0 Å². The highest BCUT2D eigenvalue weighted by Gasteiger charge is 2.32. The number of aryl methyl sites for hydroxylation is 1. The zero-order valence-electron chi connectivity index (χ0n) is 13.0. The standard InChI is InChI=1S/C17H25N3O/c1-12-4-3-5-15(13(12)2)19-17(21)11-20-9-7-16-14(10-20)6-8-18-16/h3-5,14,16,18H,6-11H2,1-2H3,(H,19,21). The molecule has 4 nitrogen and oxygen atoms in total. The summed E-state index contributed by atoms with van der Waals surface area (Å²) in [6.07, 6.45) is 2.42. The third-order valence-corrected chi connectivity index (χ3v) is 4.99. The van der Waals surface area contributed by atoms with Crippen LogP contribution >= 0.6 is 0 Å². The van der Waals surface area contributed by atoms with Gasteiger partial charge in [-0.1, -0.05) is 12.1 Å². The zero-order chi connectivity index (χ0) is 14.8. The minimum atomic E-state index is 0.105. The van der Waals surface area contributed by atoms with Gasteiger partial charge in [-0.05, 0) is 56.3 Å². The molecule has 2 heterocycles. The summed E-state index contributed by atoms with van der Waals surface area (Å²) in [6.45, 7) is 7.85. The van der Waals surface area contributed by atoms with E-state index in [4.69, 9.17) is 0 Å². The predicted octanol–water partition coefficient (Wildman–Crippen LogP) is 1.93. The molecule has 114 valence electrons. The minimum Gasteiger partial charge on any atom is -0.325 e. The smallest absolute Gasteiger partial charge is 0.238 e. The van der Waals surface area contributed by atoms with Crippen LogP contribution in [0.1, 0.15) is 24.0 Å². The van der Waals surface area contributed by atoms with Crippen LogP contribution in [-0.4, -0.2) is 43.0 Å². The van der Waals surface area contributed by atoms with Gasteiger partial charge >= 0.3 is 0 Å². The highest BCUT2D eigenvalue weighted by Crippen LogP contribution is 2.24. The van der Waals surface area contributed by atoms with E-state index in [2.05, 4.69) is 35.4 Å². The summed E-state index contributed by atoms with van der Waals surface area (Å²) >= 11 is 0. The molecule has 0 aromatic heterocycles. The van der Waals surface area contributed by atoms with Crippen LogP contribution in [0.3, 0.4) is 0 Å². The van der Waals surface area contributed by atoms with E-state index in [1.165, 1.54) is 18.4 Å². The largest absolute Gasteiger partial charge is 0.325 e. The fourth-order valence-electron chi connectivity index (χ4n) is 3.55. The lowest BCUT2D eigenvalue weighted by Gasteiger charge is -2.34. The fraction of sp³-hybridized carbons (Fsp3) is 0.588. The van der Waals surface area contributed by atoms with Gasteiger partial charge in [0.1, 0.15) is 0 Å². The Morgan fingerprint density at radius 3 is 3.10 bits per heavy atom. The van der Waals surface area contributed by atoms with Crippen LogP contribution in [0.25, 0.3) is 0 Å². The molecule has 2 N–H and O–H groups in total. The van der Waals surface area contributed by atoms with Crippen molar-refractivity contribution in [2.45, 2.75) is 32.7 Å². The lowest BCUT2D eigenvalue weighted by molar-refractivity contribution is -0.117. The van der Waals surface area contributed by atoms with Crippen LogP contribution < -0.4 is 10.6 Å². The lowest BCUT2D eigenvalue weighted by Crippen LogP contribution is -2.46. The first-order valence-corrected chi connectivity index (χ1v) is 7.95. The Hall–Kier alpha value is -1.39. The molecule has 2 saturated heterocycles. The zero-order valence-corrected chi connectivity index (χ0v) is 13.0. The molecule has 3 rings (SSSR count). The van der Waals surface area contributed by atoms with Crippen LogP contribution in [0.15, 0.2) is 18.2 Å². The van der Waals surface area contributed by atoms with Crippen LogP contribution in [0.4, 0.5) is 5.69 Å². The van der Waals surface area contributed by atoms with Gasteiger partial charge in [-0.15, -0.1) is 0 Å². The third-order valence-electron chi connectivity index (χ3n) is 4.99. The maximum atomic E-state index is 12.3. The molecule has 2 aliphatic rings. The Balaban J connectivity index is 1.55. The molecule has 2 fully saturated rings. The highest BCUT2D eigenvalue weighted by atomic mass is 16.2. The minimum absolute atomic E-state index is 0.105. The van der Waals surface area contributed by atoms with E-state index < -0.39 is 0 Å². The Bertz CT molecular complexity index is 529. The number of piperidine rings is 1. The molecule has 1 aromatic carbocycles. The summed E-state index contributed by atoms with van der Waals surface area (Å²) in [7, 11) is 0. The first-order valence-electron chi connectivity index (χ1n) is 7.95. The van der Waals surface area contributed by atoms with Crippen molar-refractivity contribution in [2.24, 2.45) is 5.92 Å². The quantitative estimate of drug-likeness (QED) is 0.893. The Morgan fingerprint density at radius 1 is 1.38 bits per heavy atom. The van der Waals surface area contributed by atoms with E-state index in [-0.39, 0.29) is 5.91 Å². The van der Waals surface area contributed by atoms with Crippen molar-refractivity contribution in [3.63, 3.8) is 0 Å². The summed E-state index contributed by atoms with van der Waals surface area (Å²) in [4.78, 5) is 14.6. The normalized spacial score (nSPS) is 25.6. The van der Waals surface area contributed by atoms with Crippen molar-refractivity contribution in [2.75, 3.05) is 31.5 Å². The molecule has 1 aromatic rings. The first-order chi connectivity index (χ1) is 10.1. The lowest BCUT2D eigenvalue weighted by atomic mass is 9.93. The highest BCUT2D eigenvalue weighted by molar-refractivity contribution is 5.93. The molecule has 0 radical (unpaired) electrons. The van der Waals surface area contributed by atoms with Gasteiger partial charge in [-0.3, -0.25) is 9.69 Å². The number of carbonyl (C=O) groups is 1. The summed E-state index contributed by atoms with van der Waals surface area (Å²) in [5, 5.41) is 6.62. The van der Waals surface area contributed by atoms with Crippen molar-refractivity contribution in [3.05, 3.63) is 29.3 Å². The van der Waals surface area contributed by atoms with Gasteiger partial charge in [0.25, 0.3) is 0 Å². The third kappa shape index (κ3) is 3.27. The van der Waals surface area contributed by atoms with Crippen LogP contribution in [0.2, 0.25) is 0 Å². The molecular weight excluding hydrogens is 262 g/mol. The van der Waals surface area contributed by atoms with E-state index in [0.717, 1.165) is 36.8 Å². The number of amides is 1. The van der Waals surface area contributed by atoms with Crippen molar-refractivity contribution >= 4 is 11.6 Å². The topological polar surface area (TPSA) is 44.4 Å². The monoisotopic (exact) mass is 287 g/mol. The summed E-state index contributed by atoms with van der Waals surface area (Å²) < 4.78 is 0. The Labute approximate surface area is 126 Å². The van der Waals surface area contributed by atoms with Crippen LogP contribution in [0.5, 0.6) is 0 Å². The molecule has 0 bridgehead atoms. The van der Waals surface area contributed by atoms with Crippen LogP contribution in [0, 0.1) is 19.8 Å². The van der Waals surface area contributed by atoms with Gasteiger partial charge in [0.2, 0.25) is 5.91 Å². The number of carbonyl (C=O) groups excluding carboxylic acids is 1. The number of nitrogens with one attached hydrogen (secondary N) is 2. The average molecular weight is 287 g/mol. The van der Waals surface area contributed by atoms with Gasteiger partial charge in [0.15, 0.2) is 0 Å². The number of fused-ring (bicyclic) bond motifs is 1. The van der Waals surface area contributed by atoms with E-state index in [9.17, 15) is 4.79 Å². The Morgan fingerprint density at radius 2 is 2.24 bits per heavy atom. The molecule has 21 heavy (non-hydrogen) atoms.